The Labute approximate surface area is 231 Å². The molecular weight excluding hydrogens is 546 g/mol. The van der Waals surface area contributed by atoms with Crippen LogP contribution in [0.5, 0.6) is 0 Å². The molecule has 2 aromatic rings. The van der Waals surface area contributed by atoms with Gasteiger partial charge in [-0.1, -0.05) is 79.0 Å². The van der Waals surface area contributed by atoms with Gasteiger partial charge in [-0.25, -0.2) is 9.59 Å². The molecule has 2 aromatic carbocycles. The highest BCUT2D eigenvalue weighted by Crippen LogP contribution is 2.40. The standard InChI is InChI=1S/C25H30Cl4N4O3/c1-4-5-6-7-8-13-31-24(35)32(17-10-12-19(27)21(29)15-17)22(25(31,2)3)33(36)23(34)30-16-9-11-18(26)20(28)14-16/h9-12,14-15,22,36H,4-8,13H2,1-3H3,(H,30,34)/t22-/m0/s1. The van der Waals surface area contributed by atoms with Crippen LogP contribution in [-0.4, -0.2) is 45.5 Å². The Balaban J connectivity index is 1.92. The van der Waals surface area contributed by atoms with E-state index < -0.39 is 17.7 Å². The SMILES string of the molecule is CCCCCCCN1C(=O)N(c2ccc(Cl)c(Cl)c2)[C@@H](N(O)C(=O)Nc2ccc(Cl)c(Cl)c2)C1(C)C. The molecule has 1 saturated heterocycles. The van der Waals surface area contributed by atoms with E-state index in [0.717, 1.165) is 32.1 Å². The molecule has 0 unspecified atom stereocenters. The van der Waals surface area contributed by atoms with Crippen LogP contribution in [0, 0.1) is 0 Å². The van der Waals surface area contributed by atoms with Crippen molar-refractivity contribution in [3.05, 3.63) is 56.5 Å². The van der Waals surface area contributed by atoms with Crippen LogP contribution in [0.1, 0.15) is 52.9 Å². The summed E-state index contributed by atoms with van der Waals surface area (Å²) in [7, 11) is 0. The van der Waals surface area contributed by atoms with E-state index >= 15 is 0 Å². The Morgan fingerprint density at radius 2 is 1.58 bits per heavy atom. The lowest BCUT2D eigenvalue weighted by Gasteiger charge is -2.38. The van der Waals surface area contributed by atoms with E-state index in [9.17, 15) is 14.8 Å². The molecule has 1 heterocycles. The molecule has 36 heavy (non-hydrogen) atoms. The third kappa shape index (κ3) is 6.14. The maximum atomic E-state index is 13.7. The molecule has 7 nitrogen and oxygen atoms in total. The average Bonchev–Trinajstić information content (AvgIpc) is 3.02. The summed E-state index contributed by atoms with van der Waals surface area (Å²) in [4.78, 5) is 29.8. The van der Waals surface area contributed by atoms with E-state index in [2.05, 4.69) is 12.2 Å². The van der Waals surface area contributed by atoms with Crippen molar-refractivity contribution in [3.8, 4) is 0 Å². The number of anilines is 2. The van der Waals surface area contributed by atoms with Crippen LogP contribution < -0.4 is 10.2 Å². The minimum atomic E-state index is -1.07. The van der Waals surface area contributed by atoms with Crippen LogP contribution in [-0.2, 0) is 0 Å². The van der Waals surface area contributed by atoms with E-state index in [-0.39, 0.29) is 16.1 Å². The third-order valence-electron chi connectivity index (χ3n) is 6.29. The number of carbonyl (C=O) groups is 2. The van der Waals surface area contributed by atoms with Crippen molar-refractivity contribution >= 4 is 69.8 Å². The number of nitrogens with one attached hydrogen (secondary N) is 1. The van der Waals surface area contributed by atoms with Crippen LogP contribution in [0.4, 0.5) is 21.0 Å². The second kappa shape index (κ2) is 12.1. The molecule has 0 saturated carbocycles. The maximum absolute atomic E-state index is 13.7. The molecular formula is C25H30Cl4N4O3. The van der Waals surface area contributed by atoms with Gasteiger partial charge >= 0.3 is 12.1 Å². The second-order valence-corrected chi connectivity index (χ2v) is 10.9. The summed E-state index contributed by atoms with van der Waals surface area (Å²) in [6, 6.07) is 8.12. The molecule has 0 aromatic heterocycles. The van der Waals surface area contributed by atoms with Gasteiger partial charge in [0.25, 0.3) is 0 Å². The zero-order valence-electron chi connectivity index (χ0n) is 20.4. The Morgan fingerprint density at radius 3 is 2.19 bits per heavy atom. The molecule has 1 fully saturated rings. The number of hydroxylamine groups is 2. The maximum Gasteiger partial charge on any atom is 0.347 e. The van der Waals surface area contributed by atoms with Crippen molar-refractivity contribution in [1.29, 1.82) is 0 Å². The van der Waals surface area contributed by atoms with Gasteiger partial charge in [0.1, 0.15) is 0 Å². The van der Waals surface area contributed by atoms with Crippen molar-refractivity contribution in [2.45, 2.75) is 64.6 Å². The first kappa shape index (κ1) is 28.7. The Morgan fingerprint density at radius 1 is 0.972 bits per heavy atom. The minimum Gasteiger partial charge on any atom is -0.315 e. The first-order valence-corrected chi connectivity index (χ1v) is 13.3. The summed E-state index contributed by atoms with van der Waals surface area (Å²) in [5.41, 5.74) is -0.204. The third-order valence-corrected chi connectivity index (χ3v) is 7.76. The number of hydrogen-bond donors (Lipinski definition) is 2. The van der Waals surface area contributed by atoms with Gasteiger partial charge in [-0.15, -0.1) is 0 Å². The lowest BCUT2D eigenvalue weighted by molar-refractivity contribution is -0.0949. The lowest BCUT2D eigenvalue weighted by atomic mass is 9.99. The Bertz CT molecular complexity index is 1110. The van der Waals surface area contributed by atoms with Gasteiger partial charge in [-0.2, -0.15) is 5.06 Å². The summed E-state index contributed by atoms with van der Waals surface area (Å²) < 4.78 is 0. The Kier molecular flexibility index (Phi) is 9.63. The number of amides is 4. The van der Waals surface area contributed by atoms with Gasteiger partial charge in [0.2, 0.25) is 0 Å². The topological polar surface area (TPSA) is 76.1 Å². The molecule has 11 heteroatoms. The summed E-state index contributed by atoms with van der Waals surface area (Å²) in [5, 5.41) is 15.4. The molecule has 0 spiro atoms. The van der Waals surface area contributed by atoms with Crippen LogP contribution >= 0.6 is 46.4 Å². The van der Waals surface area contributed by atoms with Gasteiger partial charge in [0, 0.05) is 17.9 Å². The molecule has 0 radical (unpaired) electrons. The van der Waals surface area contributed by atoms with Gasteiger partial charge in [0.05, 0.1) is 25.6 Å². The monoisotopic (exact) mass is 574 g/mol. The van der Waals surface area contributed by atoms with E-state index in [1.807, 2.05) is 13.8 Å². The quantitative estimate of drug-likeness (QED) is 0.179. The Hall–Kier alpha value is -1.90. The summed E-state index contributed by atoms with van der Waals surface area (Å²) in [5.74, 6) is 0. The van der Waals surface area contributed by atoms with E-state index in [1.54, 1.807) is 29.2 Å². The first-order valence-electron chi connectivity index (χ1n) is 11.8. The van der Waals surface area contributed by atoms with Crippen molar-refractivity contribution in [1.82, 2.24) is 9.96 Å². The fourth-order valence-electron chi connectivity index (χ4n) is 4.35. The van der Waals surface area contributed by atoms with Crippen LogP contribution in [0.25, 0.3) is 0 Å². The highest BCUT2D eigenvalue weighted by Gasteiger charge is 2.55. The number of carbonyl (C=O) groups excluding carboxylic acids is 2. The number of hydrogen-bond acceptors (Lipinski definition) is 3. The largest absolute Gasteiger partial charge is 0.347 e. The number of unbranched alkanes of at least 4 members (excludes halogenated alkanes) is 4. The zero-order chi connectivity index (χ0) is 26.6. The number of benzene rings is 2. The van der Waals surface area contributed by atoms with Gasteiger partial charge < -0.3 is 10.2 Å². The van der Waals surface area contributed by atoms with Crippen molar-refractivity contribution in [2.75, 3.05) is 16.8 Å². The molecule has 2 N–H and O–H groups in total. The molecule has 1 aliphatic rings. The number of halogens is 4. The molecule has 1 aliphatic heterocycles. The molecule has 196 valence electrons. The number of rotatable bonds is 9. The fourth-order valence-corrected chi connectivity index (χ4v) is 4.95. The predicted octanol–water partition coefficient (Wildman–Crippen LogP) is 8.54. The van der Waals surface area contributed by atoms with Gasteiger partial charge in [-0.3, -0.25) is 10.1 Å². The van der Waals surface area contributed by atoms with Crippen LogP contribution in [0.2, 0.25) is 20.1 Å². The molecule has 0 aliphatic carbocycles. The van der Waals surface area contributed by atoms with Crippen molar-refractivity contribution < 1.29 is 14.8 Å². The highest BCUT2D eigenvalue weighted by molar-refractivity contribution is 6.42. The summed E-state index contributed by atoms with van der Waals surface area (Å²) in [6.07, 6.45) is 4.05. The van der Waals surface area contributed by atoms with Crippen LogP contribution in [0.15, 0.2) is 36.4 Å². The first-order chi connectivity index (χ1) is 17.0. The van der Waals surface area contributed by atoms with Crippen molar-refractivity contribution in [2.24, 2.45) is 0 Å². The van der Waals surface area contributed by atoms with Crippen molar-refractivity contribution in [3.63, 3.8) is 0 Å². The van der Waals surface area contributed by atoms with E-state index in [4.69, 9.17) is 46.4 Å². The summed E-state index contributed by atoms with van der Waals surface area (Å²) >= 11 is 24.3. The van der Waals surface area contributed by atoms with E-state index in [0.29, 0.717) is 33.0 Å². The average molecular weight is 576 g/mol. The molecule has 1 atom stereocenters. The predicted molar refractivity (Wildman–Crippen MR) is 147 cm³/mol. The smallest absolute Gasteiger partial charge is 0.315 e. The summed E-state index contributed by atoms with van der Waals surface area (Å²) in [6.45, 7) is 6.25. The molecule has 4 amide bonds. The zero-order valence-corrected chi connectivity index (χ0v) is 23.4. The van der Waals surface area contributed by atoms with Crippen LogP contribution in [0.3, 0.4) is 0 Å². The van der Waals surface area contributed by atoms with Gasteiger partial charge in [0.15, 0.2) is 6.17 Å². The van der Waals surface area contributed by atoms with E-state index in [1.165, 1.54) is 17.0 Å². The van der Waals surface area contributed by atoms with Gasteiger partial charge in [-0.05, 0) is 56.7 Å². The second-order valence-electron chi connectivity index (χ2n) is 9.25. The normalized spacial score (nSPS) is 17.0. The molecule has 3 rings (SSSR count). The lowest BCUT2D eigenvalue weighted by Crippen LogP contribution is -2.58. The number of urea groups is 2. The minimum absolute atomic E-state index is 0.251. The number of nitrogens with zero attached hydrogens (tertiary/aromatic N) is 3. The highest BCUT2D eigenvalue weighted by atomic mass is 35.5. The fraction of sp³-hybridized carbons (Fsp3) is 0.440. The molecule has 0 bridgehead atoms.